The van der Waals surface area contributed by atoms with Crippen LogP contribution in [-0.2, 0) is 6.54 Å². The van der Waals surface area contributed by atoms with Crippen molar-refractivity contribution in [2.45, 2.75) is 32.7 Å². The van der Waals surface area contributed by atoms with Crippen LogP contribution in [0.5, 0.6) is 0 Å². The molecule has 0 atom stereocenters. The van der Waals surface area contributed by atoms with Crippen LogP contribution in [0.3, 0.4) is 0 Å². The molecule has 0 unspecified atom stereocenters. The SMILES string of the molecule is CN=C(NCCCN1CCC(C)CC1)NCc1ccc(-n2cccn2)cc1. The van der Waals surface area contributed by atoms with E-state index in [0.29, 0.717) is 0 Å². The fourth-order valence-electron chi connectivity index (χ4n) is 3.39. The lowest BCUT2D eigenvalue weighted by Crippen LogP contribution is -2.39. The van der Waals surface area contributed by atoms with Gasteiger partial charge in [-0.3, -0.25) is 4.99 Å². The molecule has 2 aromatic rings. The van der Waals surface area contributed by atoms with E-state index in [2.05, 4.69) is 56.8 Å². The molecule has 1 aromatic heterocycles. The average molecular weight is 369 g/mol. The second kappa shape index (κ2) is 10.1. The van der Waals surface area contributed by atoms with Crippen LogP contribution in [0.25, 0.3) is 5.69 Å². The Kier molecular flexibility index (Phi) is 7.27. The number of guanidine groups is 1. The summed E-state index contributed by atoms with van der Waals surface area (Å²) < 4.78 is 1.86. The molecular weight excluding hydrogens is 336 g/mol. The number of aromatic nitrogens is 2. The van der Waals surface area contributed by atoms with Crippen LogP contribution in [-0.4, -0.2) is 53.9 Å². The highest BCUT2D eigenvalue weighted by Gasteiger charge is 2.14. The Morgan fingerprint density at radius 1 is 1.19 bits per heavy atom. The number of nitrogens with zero attached hydrogens (tertiary/aromatic N) is 4. The molecule has 1 fully saturated rings. The fourth-order valence-corrected chi connectivity index (χ4v) is 3.39. The monoisotopic (exact) mass is 368 g/mol. The molecule has 1 aliphatic rings. The zero-order valence-corrected chi connectivity index (χ0v) is 16.6. The molecule has 0 spiro atoms. The number of aliphatic imine (C=N–C) groups is 1. The van der Waals surface area contributed by atoms with Crippen LogP contribution in [0.1, 0.15) is 31.7 Å². The van der Waals surface area contributed by atoms with E-state index >= 15 is 0 Å². The van der Waals surface area contributed by atoms with E-state index in [-0.39, 0.29) is 0 Å². The van der Waals surface area contributed by atoms with Crippen molar-refractivity contribution in [1.82, 2.24) is 25.3 Å². The summed E-state index contributed by atoms with van der Waals surface area (Å²) in [5.74, 6) is 1.76. The molecule has 3 rings (SSSR count). The summed E-state index contributed by atoms with van der Waals surface area (Å²) in [6, 6.07) is 10.3. The van der Waals surface area contributed by atoms with Gasteiger partial charge in [0.25, 0.3) is 0 Å². The standard InChI is InChI=1S/C21H32N6/c1-18-9-15-26(16-10-18)13-3-11-23-21(22-2)24-17-19-5-7-20(8-6-19)27-14-4-12-25-27/h4-8,12,14,18H,3,9-11,13,15-17H2,1-2H3,(H2,22,23,24). The summed E-state index contributed by atoms with van der Waals surface area (Å²) in [7, 11) is 1.82. The minimum atomic E-state index is 0.753. The lowest BCUT2D eigenvalue weighted by molar-refractivity contribution is 0.191. The zero-order valence-electron chi connectivity index (χ0n) is 16.6. The van der Waals surface area contributed by atoms with Crippen molar-refractivity contribution in [2.75, 3.05) is 33.2 Å². The Morgan fingerprint density at radius 2 is 1.96 bits per heavy atom. The van der Waals surface area contributed by atoms with E-state index in [0.717, 1.165) is 37.1 Å². The summed E-state index contributed by atoms with van der Waals surface area (Å²) in [4.78, 5) is 6.90. The molecule has 6 heteroatoms. The summed E-state index contributed by atoms with van der Waals surface area (Å²) >= 11 is 0. The molecule has 1 aliphatic heterocycles. The predicted octanol–water partition coefficient (Wildman–Crippen LogP) is 2.66. The number of rotatable bonds is 7. The molecule has 0 aliphatic carbocycles. The highest BCUT2D eigenvalue weighted by atomic mass is 15.3. The van der Waals surface area contributed by atoms with Crippen molar-refractivity contribution in [3.63, 3.8) is 0 Å². The third kappa shape index (κ3) is 6.10. The third-order valence-electron chi connectivity index (χ3n) is 5.21. The maximum atomic E-state index is 4.32. The third-order valence-corrected chi connectivity index (χ3v) is 5.21. The van der Waals surface area contributed by atoms with Gasteiger partial charge < -0.3 is 15.5 Å². The number of piperidine rings is 1. The number of benzene rings is 1. The van der Waals surface area contributed by atoms with Crippen LogP contribution in [0.2, 0.25) is 0 Å². The van der Waals surface area contributed by atoms with Crippen molar-refractivity contribution in [2.24, 2.45) is 10.9 Å². The lowest BCUT2D eigenvalue weighted by Gasteiger charge is -2.30. The van der Waals surface area contributed by atoms with E-state index in [1.54, 1.807) is 6.20 Å². The van der Waals surface area contributed by atoms with Gasteiger partial charge in [0.2, 0.25) is 0 Å². The number of likely N-dealkylation sites (tertiary alicyclic amines) is 1. The maximum Gasteiger partial charge on any atom is 0.191 e. The van der Waals surface area contributed by atoms with E-state index < -0.39 is 0 Å². The molecule has 0 amide bonds. The van der Waals surface area contributed by atoms with Crippen LogP contribution in [0, 0.1) is 5.92 Å². The smallest absolute Gasteiger partial charge is 0.191 e. The van der Waals surface area contributed by atoms with Gasteiger partial charge in [-0.2, -0.15) is 5.10 Å². The van der Waals surface area contributed by atoms with Gasteiger partial charge in [0.1, 0.15) is 0 Å². The summed E-state index contributed by atoms with van der Waals surface area (Å²) in [5, 5.41) is 11.1. The van der Waals surface area contributed by atoms with Crippen molar-refractivity contribution >= 4 is 5.96 Å². The predicted molar refractivity (Wildman–Crippen MR) is 111 cm³/mol. The van der Waals surface area contributed by atoms with Gasteiger partial charge >= 0.3 is 0 Å². The van der Waals surface area contributed by atoms with Crippen molar-refractivity contribution < 1.29 is 0 Å². The molecule has 6 nitrogen and oxygen atoms in total. The van der Waals surface area contributed by atoms with Gasteiger partial charge in [-0.15, -0.1) is 0 Å². The first kappa shape index (κ1) is 19.4. The van der Waals surface area contributed by atoms with Gasteiger partial charge in [0.05, 0.1) is 5.69 Å². The molecule has 1 aromatic carbocycles. The van der Waals surface area contributed by atoms with Crippen LogP contribution in [0.15, 0.2) is 47.7 Å². The molecule has 0 radical (unpaired) electrons. The van der Waals surface area contributed by atoms with Gasteiger partial charge in [0, 0.05) is 32.5 Å². The van der Waals surface area contributed by atoms with Gasteiger partial charge in [-0.05, 0) is 68.6 Å². The lowest BCUT2D eigenvalue weighted by atomic mass is 9.99. The first-order chi connectivity index (χ1) is 13.2. The van der Waals surface area contributed by atoms with Crippen molar-refractivity contribution in [3.05, 3.63) is 48.3 Å². The molecule has 146 valence electrons. The molecule has 2 N–H and O–H groups in total. The zero-order chi connectivity index (χ0) is 18.9. The molecule has 0 bridgehead atoms. The topological polar surface area (TPSA) is 57.5 Å². The summed E-state index contributed by atoms with van der Waals surface area (Å²) in [6.45, 7) is 7.74. The number of hydrogen-bond donors (Lipinski definition) is 2. The molecule has 0 saturated carbocycles. The molecular formula is C21H32N6. The summed E-state index contributed by atoms with van der Waals surface area (Å²) in [5.41, 5.74) is 2.29. The van der Waals surface area contributed by atoms with Crippen LogP contribution < -0.4 is 10.6 Å². The van der Waals surface area contributed by atoms with Gasteiger partial charge in [0.15, 0.2) is 5.96 Å². The van der Waals surface area contributed by atoms with Crippen LogP contribution in [0.4, 0.5) is 0 Å². The van der Waals surface area contributed by atoms with E-state index in [1.807, 2.05) is 24.0 Å². The maximum absolute atomic E-state index is 4.32. The summed E-state index contributed by atoms with van der Waals surface area (Å²) in [6.07, 6.45) is 7.57. The van der Waals surface area contributed by atoms with E-state index in [1.165, 1.54) is 38.0 Å². The van der Waals surface area contributed by atoms with Crippen molar-refractivity contribution in [1.29, 1.82) is 0 Å². The quantitative estimate of drug-likeness (QED) is 0.448. The Bertz CT molecular complexity index is 684. The first-order valence-corrected chi connectivity index (χ1v) is 10.0. The minimum Gasteiger partial charge on any atom is -0.356 e. The number of hydrogen-bond acceptors (Lipinski definition) is 3. The van der Waals surface area contributed by atoms with Gasteiger partial charge in [-0.25, -0.2) is 4.68 Å². The average Bonchev–Trinajstić information content (AvgIpc) is 3.24. The fraction of sp³-hybridized carbons (Fsp3) is 0.524. The molecule has 27 heavy (non-hydrogen) atoms. The second-order valence-corrected chi connectivity index (χ2v) is 7.35. The van der Waals surface area contributed by atoms with E-state index in [9.17, 15) is 0 Å². The Hall–Kier alpha value is -2.34. The highest BCUT2D eigenvalue weighted by molar-refractivity contribution is 5.79. The van der Waals surface area contributed by atoms with Crippen LogP contribution >= 0.6 is 0 Å². The first-order valence-electron chi connectivity index (χ1n) is 10.0. The Balaban J connectivity index is 1.35. The normalized spacial score (nSPS) is 16.4. The second-order valence-electron chi connectivity index (χ2n) is 7.35. The highest BCUT2D eigenvalue weighted by Crippen LogP contribution is 2.15. The molecule has 2 heterocycles. The van der Waals surface area contributed by atoms with E-state index in [4.69, 9.17) is 0 Å². The minimum absolute atomic E-state index is 0.753. The number of nitrogens with one attached hydrogen (secondary N) is 2. The Labute approximate surface area is 162 Å². The Morgan fingerprint density at radius 3 is 2.63 bits per heavy atom. The van der Waals surface area contributed by atoms with Crippen molar-refractivity contribution in [3.8, 4) is 5.69 Å². The largest absolute Gasteiger partial charge is 0.356 e. The van der Waals surface area contributed by atoms with Gasteiger partial charge in [-0.1, -0.05) is 19.1 Å². The molecule has 1 saturated heterocycles.